The molecule has 2 aliphatic heterocycles. The molecule has 0 aliphatic carbocycles. The van der Waals surface area contributed by atoms with Crippen LogP contribution in [0.3, 0.4) is 0 Å². The Balaban J connectivity index is 1.16. The SMILES string of the molecule is CCn1c2c(c(=O)n3ncc(C(=O)NC4CCN(Cc5ccccc5)CC4)c13)CN(Cc1ccc(OC)cc1)CC2. The number of hydrogen-bond acceptors (Lipinski definition) is 6. The summed E-state index contributed by atoms with van der Waals surface area (Å²) in [4.78, 5) is 31.9. The third-order valence-corrected chi connectivity index (χ3v) is 8.47. The molecule has 9 nitrogen and oxygen atoms in total. The van der Waals surface area contributed by atoms with Gasteiger partial charge >= 0.3 is 0 Å². The lowest BCUT2D eigenvalue weighted by Gasteiger charge is -2.32. The molecule has 2 aromatic heterocycles. The predicted octanol–water partition coefficient (Wildman–Crippen LogP) is 3.48. The summed E-state index contributed by atoms with van der Waals surface area (Å²) >= 11 is 0. The number of rotatable bonds is 8. The van der Waals surface area contributed by atoms with Gasteiger partial charge in [0, 0.05) is 64.0 Å². The van der Waals surface area contributed by atoms with E-state index in [0.717, 1.165) is 69.0 Å². The lowest BCUT2D eigenvalue weighted by atomic mass is 10.0. The molecule has 0 unspecified atom stereocenters. The zero-order chi connectivity index (χ0) is 28.3. The minimum Gasteiger partial charge on any atom is -0.497 e. The third-order valence-electron chi connectivity index (χ3n) is 8.47. The molecule has 6 rings (SSSR count). The second kappa shape index (κ2) is 11.9. The Kier molecular flexibility index (Phi) is 7.89. The van der Waals surface area contributed by atoms with E-state index in [1.807, 2.05) is 18.2 Å². The predicted molar refractivity (Wildman–Crippen MR) is 158 cm³/mol. The largest absolute Gasteiger partial charge is 0.497 e. The van der Waals surface area contributed by atoms with Crippen molar-refractivity contribution in [1.82, 2.24) is 29.3 Å². The number of likely N-dealkylation sites (tertiary alicyclic amines) is 1. The number of carbonyl (C=O) groups excluding carboxylic acids is 1. The molecular formula is C32H38N6O3. The summed E-state index contributed by atoms with van der Waals surface area (Å²) in [7, 11) is 1.66. The van der Waals surface area contributed by atoms with Gasteiger partial charge in [-0.15, -0.1) is 0 Å². The molecule has 1 saturated heterocycles. The molecular weight excluding hydrogens is 516 g/mol. The van der Waals surface area contributed by atoms with Crippen LogP contribution in [-0.2, 0) is 32.6 Å². The van der Waals surface area contributed by atoms with Crippen LogP contribution in [0.15, 0.2) is 65.6 Å². The summed E-state index contributed by atoms with van der Waals surface area (Å²) < 4.78 is 8.82. The number of benzene rings is 2. The highest BCUT2D eigenvalue weighted by molar-refractivity contribution is 6.00. The van der Waals surface area contributed by atoms with Crippen molar-refractivity contribution in [2.24, 2.45) is 0 Å². The Morgan fingerprint density at radius 3 is 2.39 bits per heavy atom. The van der Waals surface area contributed by atoms with E-state index in [1.165, 1.54) is 15.6 Å². The van der Waals surface area contributed by atoms with Crippen LogP contribution in [0.5, 0.6) is 5.75 Å². The van der Waals surface area contributed by atoms with Crippen LogP contribution in [0.2, 0.25) is 0 Å². The molecule has 4 heterocycles. The maximum absolute atomic E-state index is 13.6. The van der Waals surface area contributed by atoms with Crippen LogP contribution < -0.4 is 15.6 Å². The van der Waals surface area contributed by atoms with E-state index in [2.05, 4.69) is 68.1 Å². The van der Waals surface area contributed by atoms with Gasteiger partial charge in [0.25, 0.3) is 11.5 Å². The van der Waals surface area contributed by atoms with Gasteiger partial charge in [0.2, 0.25) is 0 Å². The number of nitrogens with zero attached hydrogens (tertiary/aromatic N) is 5. The van der Waals surface area contributed by atoms with Crippen LogP contribution in [0.25, 0.3) is 5.65 Å². The average molecular weight is 555 g/mol. The highest BCUT2D eigenvalue weighted by atomic mass is 16.5. The number of hydrogen-bond donors (Lipinski definition) is 1. The third kappa shape index (κ3) is 5.64. The van der Waals surface area contributed by atoms with Crippen molar-refractivity contribution in [1.29, 1.82) is 0 Å². The van der Waals surface area contributed by atoms with Crippen molar-refractivity contribution in [3.8, 4) is 5.75 Å². The number of aromatic nitrogens is 3. The standard InChI is InChI=1S/C32H38N6O3/c1-3-37-29-15-18-36(21-24-9-11-26(41-2)12-10-24)22-28(29)32(40)38-31(37)27(19-33-38)30(39)34-25-13-16-35(17-14-25)20-23-7-5-4-6-8-23/h4-12,19,25H,3,13-18,20-22H2,1-2H3,(H,34,39). The molecule has 0 saturated carbocycles. The van der Waals surface area contributed by atoms with E-state index in [1.54, 1.807) is 13.3 Å². The van der Waals surface area contributed by atoms with Gasteiger partial charge in [-0.2, -0.15) is 9.61 Å². The first-order chi connectivity index (χ1) is 20.0. The Hall–Kier alpha value is -3.95. The normalized spacial score (nSPS) is 16.5. The van der Waals surface area contributed by atoms with Gasteiger partial charge in [-0.1, -0.05) is 42.5 Å². The first-order valence-electron chi connectivity index (χ1n) is 14.6. The van der Waals surface area contributed by atoms with Crippen molar-refractivity contribution >= 4 is 11.6 Å². The Bertz CT molecular complexity index is 1570. The molecule has 4 aromatic rings. The van der Waals surface area contributed by atoms with Gasteiger partial charge in [0.05, 0.1) is 18.9 Å². The molecule has 41 heavy (non-hydrogen) atoms. The molecule has 9 heteroatoms. The monoisotopic (exact) mass is 554 g/mol. The van der Waals surface area contributed by atoms with Crippen molar-refractivity contribution in [3.05, 3.63) is 99.1 Å². The second-order valence-corrected chi connectivity index (χ2v) is 11.1. The molecule has 1 N–H and O–H groups in total. The van der Waals surface area contributed by atoms with Crippen molar-refractivity contribution in [3.63, 3.8) is 0 Å². The number of carbonyl (C=O) groups is 1. The van der Waals surface area contributed by atoms with Gasteiger partial charge in [-0.05, 0) is 43.0 Å². The summed E-state index contributed by atoms with van der Waals surface area (Å²) in [6, 6.07) is 18.7. The topological polar surface area (TPSA) is 84.1 Å². The van der Waals surface area contributed by atoms with Crippen LogP contribution in [-0.4, -0.2) is 62.7 Å². The fourth-order valence-electron chi connectivity index (χ4n) is 6.27. The zero-order valence-corrected chi connectivity index (χ0v) is 23.9. The molecule has 2 aromatic carbocycles. The Morgan fingerprint density at radius 2 is 1.68 bits per heavy atom. The number of ether oxygens (including phenoxy) is 1. The fraction of sp³-hybridized carbons (Fsp3) is 0.406. The van der Waals surface area contributed by atoms with Crippen molar-refractivity contribution in [2.75, 3.05) is 26.7 Å². The van der Waals surface area contributed by atoms with Crippen LogP contribution >= 0.6 is 0 Å². The van der Waals surface area contributed by atoms with Gasteiger partial charge in [0.1, 0.15) is 11.3 Å². The Morgan fingerprint density at radius 1 is 0.976 bits per heavy atom. The summed E-state index contributed by atoms with van der Waals surface area (Å²) in [5, 5.41) is 7.66. The minimum atomic E-state index is -0.153. The second-order valence-electron chi connectivity index (χ2n) is 11.1. The van der Waals surface area contributed by atoms with Crippen LogP contribution in [0.1, 0.15) is 52.5 Å². The smallest absolute Gasteiger partial charge is 0.279 e. The fourth-order valence-corrected chi connectivity index (χ4v) is 6.27. The molecule has 0 bridgehead atoms. The van der Waals surface area contributed by atoms with Crippen LogP contribution in [0, 0.1) is 0 Å². The number of piperidine rings is 1. The average Bonchev–Trinajstić information content (AvgIpc) is 3.45. The minimum absolute atomic E-state index is 0.107. The number of methoxy groups -OCH3 is 1. The van der Waals surface area contributed by atoms with E-state index in [-0.39, 0.29) is 17.5 Å². The number of amides is 1. The zero-order valence-electron chi connectivity index (χ0n) is 23.9. The Labute approximate surface area is 240 Å². The summed E-state index contributed by atoms with van der Waals surface area (Å²) in [5.41, 5.74) is 5.20. The first-order valence-corrected chi connectivity index (χ1v) is 14.6. The quantitative estimate of drug-likeness (QED) is 0.359. The molecule has 1 amide bonds. The molecule has 0 atom stereocenters. The molecule has 2 aliphatic rings. The highest BCUT2D eigenvalue weighted by Crippen LogP contribution is 2.23. The van der Waals surface area contributed by atoms with Gasteiger partial charge in [-0.25, -0.2) is 0 Å². The summed E-state index contributed by atoms with van der Waals surface area (Å²) in [6.07, 6.45) is 4.11. The van der Waals surface area contributed by atoms with Crippen molar-refractivity contribution in [2.45, 2.75) is 58.4 Å². The first kappa shape index (κ1) is 27.2. The highest BCUT2D eigenvalue weighted by Gasteiger charge is 2.28. The maximum atomic E-state index is 13.6. The summed E-state index contributed by atoms with van der Waals surface area (Å²) in [6.45, 7) is 7.68. The number of aryl methyl sites for hydroxylation is 1. The van der Waals surface area contributed by atoms with Gasteiger partial charge in [-0.3, -0.25) is 19.4 Å². The van der Waals surface area contributed by atoms with E-state index >= 15 is 0 Å². The number of nitrogens with one attached hydrogen (secondary N) is 1. The van der Waals surface area contributed by atoms with E-state index in [4.69, 9.17) is 4.74 Å². The molecule has 1 fully saturated rings. The van der Waals surface area contributed by atoms with Gasteiger partial charge < -0.3 is 14.6 Å². The van der Waals surface area contributed by atoms with Crippen LogP contribution in [0.4, 0.5) is 0 Å². The maximum Gasteiger partial charge on any atom is 0.279 e. The molecule has 214 valence electrons. The lowest BCUT2D eigenvalue weighted by molar-refractivity contribution is 0.0910. The van der Waals surface area contributed by atoms with Gasteiger partial charge in [0.15, 0.2) is 5.65 Å². The van der Waals surface area contributed by atoms with Crippen molar-refractivity contribution < 1.29 is 9.53 Å². The molecule has 0 radical (unpaired) electrons. The summed E-state index contributed by atoms with van der Waals surface area (Å²) in [5.74, 6) is 0.679. The van der Waals surface area contributed by atoms with E-state index < -0.39 is 0 Å². The van der Waals surface area contributed by atoms with E-state index in [0.29, 0.717) is 24.3 Å². The number of fused-ring (bicyclic) bond motifs is 2. The lowest BCUT2D eigenvalue weighted by Crippen LogP contribution is -2.44. The molecule has 0 spiro atoms. The van der Waals surface area contributed by atoms with E-state index in [9.17, 15) is 9.59 Å².